The fourth-order valence-corrected chi connectivity index (χ4v) is 1.66. The van der Waals surface area contributed by atoms with Gasteiger partial charge in [0.05, 0.1) is 0 Å². The molecule has 1 N–H and O–H groups in total. The van der Waals surface area contributed by atoms with Crippen LogP contribution in [0.15, 0.2) is 0 Å². The number of rotatable bonds is 0. The molecule has 0 aromatic heterocycles. The Labute approximate surface area is 56.2 Å². The van der Waals surface area contributed by atoms with Gasteiger partial charge in [0.1, 0.15) is 0 Å². The topological polar surface area (TPSA) is 15.0 Å². The second kappa shape index (κ2) is 1.70. The summed E-state index contributed by atoms with van der Waals surface area (Å²) in [4.78, 5) is 2.55. The van der Waals surface area contributed by atoms with Crippen molar-refractivity contribution in [2.45, 2.75) is 18.9 Å². The Hall–Kier alpha value is -0.0800. The van der Waals surface area contributed by atoms with E-state index < -0.39 is 0 Å². The molecule has 0 radical (unpaired) electrons. The zero-order chi connectivity index (χ0) is 6.32. The summed E-state index contributed by atoms with van der Waals surface area (Å²) < 4.78 is 0. The Bertz CT molecular complexity index is 124. The third kappa shape index (κ3) is 0.864. The molecule has 52 valence electrons. The predicted octanol–water partition coefficient (Wildman–Crippen LogP) is 0.0540. The van der Waals surface area contributed by atoms with Crippen LogP contribution in [0.5, 0.6) is 0 Å². The van der Waals surface area contributed by atoms with Crippen molar-refractivity contribution in [3.63, 3.8) is 0 Å². The highest BCUT2D eigenvalue weighted by Gasteiger charge is 2.46. The second-order valence-electron chi connectivity index (χ2n) is 3.42. The minimum absolute atomic E-state index is 0.601. The van der Waals surface area contributed by atoms with E-state index >= 15 is 0 Å². The summed E-state index contributed by atoms with van der Waals surface area (Å²) in [6.45, 7) is 7.37. The summed E-state index contributed by atoms with van der Waals surface area (Å²) in [7, 11) is 0. The van der Waals surface area contributed by atoms with E-state index in [0.29, 0.717) is 5.54 Å². The summed E-state index contributed by atoms with van der Waals surface area (Å²) in [5.41, 5.74) is 0.601. The van der Waals surface area contributed by atoms with E-state index in [2.05, 4.69) is 17.1 Å². The van der Waals surface area contributed by atoms with Gasteiger partial charge in [-0.2, -0.15) is 0 Å². The number of nitrogens with zero attached hydrogens (tertiary/aromatic N) is 1. The second-order valence-corrected chi connectivity index (χ2v) is 3.42. The van der Waals surface area contributed by atoms with Crippen molar-refractivity contribution in [1.82, 2.24) is 10.2 Å². The van der Waals surface area contributed by atoms with Gasteiger partial charge in [0.2, 0.25) is 0 Å². The first-order valence-electron chi connectivity index (χ1n) is 3.77. The SMILES string of the molecule is CC12CCNCCN1C2. The Kier molecular flexibility index (Phi) is 1.08. The smallest absolute Gasteiger partial charge is 0.0321 e. The van der Waals surface area contributed by atoms with Crippen molar-refractivity contribution in [1.29, 1.82) is 0 Å². The van der Waals surface area contributed by atoms with Crippen LogP contribution in [0.3, 0.4) is 0 Å². The van der Waals surface area contributed by atoms with Crippen molar-refractivity contribution >= 4 is 0 Å². The third-order valence-electron chi connectivity index (χ3n) is 2.59. The molecule has 2 heterocycles. The molecule has 2 heteroatoms. The van der Waals surface area contributed by atoms with Gasteiger partial charge in [-0.15, -0.1) is 0 Å². The van der Waals surface area contributed by atoms with Gasteiger partial charge >= 0.3 is 0 Å². The molecule has 2 aliphatic heterocycles. The minimum Gasteiger partial charge on any atom is -0.315 e. The number of nitrogens with one attached hydrogen (secondary N) is 1. The van der Waals surface area contributed by atoms with E-state index in [1.807, 2.05) is 0 Å². The minimum atomic E-state index is 0.601. The third-order valence-corrected chi connectivity index (χ3v) is 2.59. The Morgan fingerprint density at radius 3 is 3.22 bits per heavy atom. The van der Waals surface area contributed by atoms with Crippen LogP contribution in [0, 0.1) is 0 Å². The molecule has 0 spiro atoms. The zero-order valence-electron chi connectivity index (χ0n) is 5.98. The quantitative estimate of drug-likeness (QED) is 0.461. The fourth-order valence-electron chi connectivity index (χ4n) is 1.66. The Balaban J connectivity index is 2.00. The van der Waals surface area contributed by atoms with E-state index in [4.69, 9.17) is 0 Å². The lowest BCUT2D eigenvalue weighted by molar-refractivity contribution is 0.445. The summed E-state index contributed by atoms with van der Waals surface area (Å²) in [5, 5.41) is 3.39. The van der Waals surface area contributed by atoms with E-state index in [0.717, 1.165) is 0 Å². The van der Waals surface area contributed by atoms with Gasteiger partial charge in [0.15, 0.2) is 0 Å². The molecular formula is C7H14N2. The van der Waals surface area contributed by atoms with Gasteiger partial charge in [-0.25, -0.2) is 0 Å². The van der Waals surface area contributed by atoms with E-state index in [9.17, 15) is 0 Å². The number of fused-ring (bicyclic) bond motifs is 1. The van der Waals surface area contributed by atoms with Crippen LogP contribution in [0.25, 0.3) is 0 Å². The van der Waals surface area contributed by atoms with Crippen LogP contribution in [0.4, 0.5) is 0 Å². The summed E-state index contributed by atoms with van der Waals surface area (Å²) >= 11 is 0. The van der Waals surface area contributed by atoms with Crippen molar-refractivity contribution in [2.75, 3.05) is 26.2 Å². The van der Waals surface area contributed by atoms with Gasteiger partial charge in [-0.05, 0) is 19.9 Å². The zero-order valence-corrected chi connectivity index (χ0v) is 5.98. The molecule has 2 atom stereocenters. The first-order valence-corrected chi connectivity index (χ1v) is 3.77. The van der Waals surface area contributed by atoms with Crippen molar-refractivity contribution in [3.05, 3.63) is 0 Å². The molecule has 9 heavy (non-hydrogen) atoms. The first-order chi connectivity index (χ1) is 4.31. The monoisotopic (exact) mass is 126 g/mol. The summed E-state index contributed by atoms with van der Waals surface area (Å²) in [6.07, 6.45) is 1.34. The lowest BCUT2D eigenvalue weighted by Gasteiger charge is -2.04. The van der Waals surface area contributed by atoms with Gasteiger partial charge in [0, 0.05) is 25.2 Å². The molecule has 0 aliphatic carbocycles. The molecule has 2 saturated heterocycles. The molecule has 2 fully saturated rings. The first kappa shape index (κ1) is 5.69. The predicted molar refractivity (Wildman–Crippen MR) is 37.5 cm³/mol. The van der Waals surface area contributed by atoms with E-state index in [-0.39, 0.29) is 0 Å². The lowest BCUT2D eigenvalue weighted by atomic mass is 10.1. The highest BCUT2D eigenvalue weighted by Crippen LogP contribution is 2.34. The van der Waals surface area contributed by atoms with Gasteiger partial charge in [-0.1, -0.05) is 0 Å². The average molecular weight is 126 g/mol. The molecule has 2 aliphatic rings. The molecular weight excluding hydrogens is 112 g/mol. The van der Waals surface area contributed by atoms with Gasteiger partial charge in [-0.3, -0.25) is 4.90 Å². The van der Waals surface area contributed by atoms with Crippen molar-refractivity contribution in [3.8, 4) is 0 Å². The molecule has 0 aromatic carbocycles. The van der Waals surface area contributed by atoms with Crippen LogP contribution in [0.1, 0.15) is 13.3 Å². The average Bonchev–Trinajstić information content (AvgIpc) is 2.40. The van der Waals surface area contributed by atoms with Crippen LogP contribution >= 0.6 is 0 Å². The fraction of sp³-hybridized carbons (Fsp3) is 1.00. The molecule has 2 nitrogen and oxygen atoms in total. The van der Waals surface area contributed by atoms with Crippen molar-refractivity contribution in [2.24, 2.45) is 0 Å². The van der Waals surface area contributed by atoms with E-state index in [1.165, 1.54) is 32.6 Å². The Morgan fingerprint density at radius 1 is 1.44 bits per heavy atom. The van der Waals surface area contributed by atoms with Crippen LogP contribution in [0.2, 0.25) is 0 Å². The van der Waals surface area contributed by atoms with Crippen LogP contribution < -0.4 is 5.32 Å². The standard InChI is InChI=1S/C7H14N2/c1-7-2-3-8-4-5-9(7)6-7/h8H,2-6H2,1H3. The van der Waals surface area contributed by atoms with Gasteiger partial charge < -0.3 is 5.32 Å². The molecule has 0 aromatic rings. The Morgan fingerprint density at radius 2 is 2.33 bits per heavy atom. The lowest BCUT2D eigenvalue weighted by Crippen LogP contribution is -2.19. The van der Waals surface area contributed by atoms with E-state index in [1.54, 1.807) is 0 Å². The molecule has 0 amide bonds. The molecule has 0 saturated carbocycles. The van der Waals surface area contributed by atoms with Crippen LogP contribution in [-0.4, -0.2) is 36.6 Å². The largest absolute Gasteiger partial charge is 0.315 e. The van der Waals surface area contributed by atoms with Gasteiger partial charge in [0.25, 0.3) is 0 Å². The highest BCUT2D eigenvalue weighted by atomic mass is 15.4. The highest BCUT2D eigenvalue weighted by molar-refractivity contribution is 5.04. The summed E-state index contributed by atoms with van der Waals surface area (Å²) in [6, 6.07) is 0. The number of hydrogen-bond acceptors (Lipinski definition) is 2. The maximum absolute atomic E-state index is 3.39. The summed E-state index contributed by atoms with van der Waals surface area (Å²) in [5.74, 6) is 0. The van der Waals surface area contributed by atoms with Crippen molar-refractivity contribution < 1.29 is 0 Å². The molecule has 2 unspecified atom stereocenters. The van der Waals surface area contributed by atoms with Crippen LogP contribution in [-0.2, 0) is 0 Å². The maximum Gasteiger partial charge on any atom is 0.0321 e. The maximum atomic E-state index is 3.39. The molecule has 2 rings (SSSR count). The molecule has 0 bridgehead atoms. The normalized spacial score (nSPS) is 49.7. The number of hydrogen-bond donors (Lipinski definition) is 1.